The van der Waals surface area contributed by atoms with Crippen LogP contribution in [0.25, 0.3) is 0 Å². The highest BCUT2D eigenvalue weighted by Crippen LogP contribution is 2.29. The van der Waals surface area contributed by atoms with Crippen molar-refractivity contribution in [3.63, 3.8) is 0 Å². The van der Waals surface area contributed by atoms with Crippen molar-refractivity contribution in [2.75, 3.05) is 0 Å². The average Bonchev–Trinajstić information content (AvgIpc) is 2.67. The minimum absolute atomic E-state index is 0.248. The molecule has 0 saturated heterocycles. The average molecular weight is 301 g/mol. The van der Waals surface area contributed by atoms with Crippen LogP contribution in [-0.4, -0.2) is 11.2 Å². The lowest BCUT2D eigenvalue weighted by atomic mass is 9.96. The fourth-order valence-electron chi connectivity index (χ4n) is 2.72. The topological polar surface area (TPSA) is 20.2 Å². The highest BCUT2D eigenvalue weighted by molar-refractivity contribution is 9.10. The molecule has 0 bridgehead atoms. The van der Waals surface area contributed by atoms with Crippen molar-refractivity contribution in [1.29, 1.82) is 0 Å². The molecule has 2 rings (SSSR count). The number of rotatable bonds is 4. The molecule has 1 nitrogen and oxygen atoms in total. The summed E-state index contributed by atoms with van der Waals surface area (Å²) in [6.45, 7) is 0. The van der Waals surface area contributed by atoms with Gasteiger partial charge in [-0.15, -0.1) is 0 Å². The molecule has 0 aliphatic heterocycles. The maximum atomic E-state index is 13.2. The Hall–Kier alpha value is -0.410. The summed E-state index contributed by atoms with van der Waals surface area (Å²) in [6.07, 6.45) is 6.13. The van der Waals surface area contributed by atoms with Crippen molar-refractivity contribution >= 4 is 15.9 Å². The number of hydrogen-bond donors (Lipinski definition) is 1. The van der Waals surface area contributed by atoms with Gasteiger partial charge in [0, 0.05) is 4.47 Å². The minimum Gasteiger partial charge on any atom is -0.393 e. The maximum Gasteiger partial charge on any atom is 0.124 e. The van der Waals surface area contributed by atoms with E-state index in [9.17, 15) is 9.50 Å². The Morgan fingerprint density at radius 3 is 2.65 bits per heavy atom. The van der Waals surface area contributed by atoms with Gasteiger partial charge in [-0.2, -0.15) is 0 Å². The molecule has 0 spiro atoms. The van der Waals surface area contributed by atoms with E-state index in [-0.39, 0.29) is 11.9 Å². The molecular weight excluding hydrogens is 283 g/mol. The lowest BCUT2D eigenvalue weighted by Gasteiger charge is -2.15. The molecule has 17 heavy (non-hydrogen) atoms. The second-order valence-corrected chi connectivity index (χ2v) is 5.94. The molecule has 1 aromatic rings. The maximum absolute atomic E-state index is 13.2. The normalized spacial score (nSPS) is 18.5. The summed E-state index contributed by atoms with van der Waals surface area (Å²) in [5, 5.41) is 10.0. The van der Waals surface area contributed by atoms with E-state index in [4.69, 9.17) is 0 Å². The van der Waals surface area contributed by atoms with E-state index in [2.05, 4.69) is 15.9 Å². The third kappa shape index (κ3) is 4.07. The molecule has 0 heterocycles. The van der Waals surface area contributed by atoms with E-state index < -0.39 is 0 Å². The Bertz CT molecular complexity index is 354. The van der Waals surface area contributed by atoms with Gasteiger partial charge in [0.15, 0.2) is 0 Å². The van der Waals surface area contributed by atoms with E-state index >= 15 is 0 Å². The summed E-state index contributed by atoms with van der Waals surface area (Å²) < 4.78 is 13.9. The quantitative estimate of drug-likeness (QED) is 0.888. The monoisotopic (exact) mass is 300 g/mol. The van der Waals surface area contributed by atoms with Gasteiger partial charge in [0.25, 0.3) is 0 Å². The lowest BCUT2D eigenvalue weighted by Crippen LogP contribution is -2.14. The highest BCUT2D eigenvalue weighted by Gasteiger charge is 2.19. The first-order chi connectivity index (χ1) is 8.13. The second-order valence-electron chi connectivity index (χ2n) is 5.02. The Kier molecular flexibility index (Phi) is 4.57. The Labute approximate surface area is 110 Å². The zero-order valence-electron chi connectivity index (χ0n) is 9.83. The predicted molar refractivity (Wildman–Crippen MR) is 70.4 cm³/mol. The van der Waals surface area contributed by atoms with Gasteiger partial charge in [0.1, 0.15) is 5.82 Å². The lowest BCUT2D eigenvalue weighted by molar-refractivity contribution is 0.143. The zero-order chi connectivity index (χ0) is 12.3. The van der Waals surface area contributed by atoms with Crippen molar-refractivity contribution in [3.05, 3.63) is 34.1 Å². The van der Waals surface area contributed by atoms with Crippen molar-refractivity contribution in [1.82, 2.24) is 0 Å². The molecule has 3 heteroatoms. The van der Waals surface area contributed by atoms with Crippen LogP contribution >= 0.6 is 15.9 Å². The largest absolute Gasteiger partial charge is 0.393 e. The van der Waals surface area contributed by atoms with Gasteiger partial charge in [-0.3, -0.25) is 0 Å². The van der Waals surface area contributed by atoms with Gasteiger partial charge < -0.3 is 5.11 Å². The van der Waals surface area contributed by atoms with Crippen LogP contribution in [0, 0.1) is 11.7 Å². The van der Waals surface area contributed by atoms with Gasteiger partial charge in [-0.25, -0.2) is 4.39 Å². The molecule has 1 fully saturated rings. The molecule has 94 valence electrons. The molecule has 1 aliphatic carbocycles. The number of aliphatic hydroxyl groups is 1. The smallest absolute Gasteiger partial charge is 0.124 e. The summed E-state index contributed by atoms with van der Waals surface area (Å²) >= 11 is 3.27. The van der Waals surface area contributed by atoms with Crippen molar-refractivity contribution in [2.24, 2.45) is 5.92 Å². The molecule has 0 radical (unpaired) electrons. The van der Waals surface area contributed by atoms with Crippen molar-refractivity contribution in [2.45, 2.75) is 44.6 Å². The fourth-order valence-corrected chi connectivity index (χ4v) is 3.23. The summed E-state index contributed by atoms with van der Waals surface area (Å²) in [7, 11) is 0. The van der Waals surface area contributed by atoms with Crippen LogP contribution < -0.4 is 0 Å². The van der Waals surface area contributed by atoms with Gasteiger partial charge in [0.05, 0.1) is 6.10 Å². The van der Waals surface area contributed by atoms with Crippen molar-refractivity contribution in [3.8, 4) is 0 Å². The van der Waals surface area contributed by atoms with Gasteiger partial charge in [0.2, 0.25) is 0 Å². The third-order valence-electron chi connectivity index (χ3n) is 3.47. The van der Waals surface area contributed by atoms with Gasteiger partial charge in [-0.05, 0) is 42.5 Å². The predicted octanol–water partition coefficient (Wildman–Crippen LogP) is 4.07. The Morgan fingerprint density at radius 1 is 1.29 bits per heavy atom. The summed E-state index contributed by atoms with van der Waals surface area (Å²) in [6, 6.07) is 4.82. The van der Waals surface area contributed by atoms with E-state index in [1.165, 1.54) is 37.8 Å². The SMILES string of the molecule is OC(Cc1cc(F)cc(Br)c1)CC1CCCC1. The van der Waals surface area contributed by atoms with Crippen LogP contribution in [0.2, 0.25) is 0 Å². The number of halogens is 2. The molecule has 1 atom stereocenters. The summed E-state index contributed by atoms with van der Waals surface area (Å²) in [5.74, 6) is 0.421. The minimum atomic E-state index is -0.341. The van der Waals surface area contributed by atoms with Crippen LogP contribution in [0.15, 0.2) is 22.7 Å². The van der Waals surface area contributed by atoms with Crippen LogP contribution in [0.4, 0.5) is 4.39 Å². The summed E-state index contributed by atoms with van der Waals surface area (Å²) in [5.41, 5.74) is 0.863. The standard InChI is InChI=1S/C14H18BrFO/c15-12-5-11(6-13(16)9-12)8-14(17)7-10-3-1-2-4-10/h5-6,9-10,14,17H,1-4,7-8H2. The summed E-state index contributed by atoms with van der Waals surface area (Å²) in [4.78, 5) is 0. The van der Waals surface area contributed by atoms with Crippen molar-refractivity contribution < 1.29 is 9.50 Å². The molecule has 0 amide bonds. The van der Waals surface area contributed by atoms with Crippen LogP contribution in [0.3, 0.4) is 0 Å². The molecule has 1 unspecified atom stereocenters. The van der Waals surface area contributed by atoms with E-state index in [0.717, 1.165) is 16.5 Å². The van der Waals surface area contributed by atoms with Crippen LogP contribution in [-0.2, 0) is 6.42 Å². The molecule has 1 N–H and O–H groups in total. The number of benzene rings is 1. The molecule has 1 aliphatic rings. The molecule has 1 aromatic carbocycles. The third-order valence-corrected chi connectivity index (χ3v) is 3.93. The van der Waals surface area contributed by atoms with Crippen LogP contribution in [0.5, 0.6) is 0 Å². The Morgan fingerprint density at radius 2 is 2.00 bits per heavy atom. The molecule has 0 aromatic heterocycles. The molecule has 1 saturated carbocycles. The first-order valence-electron chi connectivity index (χ1n) is 6.26. The number of aliphatic hydroxyl groups excluding tert-OH is 1. The first kappa shape index (κ1) is 13.0. The molecular formula is C14H18BrFO. The van der Waals surface area contributed by atoms with E-state index in [0.29, 0.717) is 12.3 Å². The van der Waals surface area contributed by atoms with E-state index in [1.807, 2.05) is 6.07 Å². The highest BCUT2D eigenvalue weighted by atomic mass is 79.9. The van der Waals surface area contributed by atoms with E-state index in [1.54, 1.807) is 0 Å². The Balaban J connectivity index is 1.90. The number of hydrogen-bond acceptors (Lipinski definition) is 1. The first-order valence-corrected chi connectivity index (χ1v) is 7.06. The van der Waals surface area contributed by atoms with Crippen LogP contribution in [0.1, 0.15) is 37.7 Å². The fraction of sp³-hybridized carbons (Fsp3) is 0.571. The van der Waals surface area contributed by atoms with Gasteiger partial charge in [-0.1, -0.05) is 41.6 Å². The zero-order valence-corrected chi connectivity index (χ0v) is 11.4. The second kappa shape index (κ2) is 5.96. The van der Waals surface area contributed by atoms with Gasteiger partial charge >= 0.3 is 0 Å².